The number of aromatic nitrogens is 4. The van der Waals surface area contributed by atoms with E-state index in [1.165, 1.54) is 0 Å². The zero-order valence-corrected chi connectivity index (χ0v) is 11.9. The largest absolute Gasteiger partial charge is 0.353 e. The summed E-state index contributed by atoms with van der Waals surface area (Å²) in [4.78, 5) is 8.64. The van der Waals surface area contributed by atoms with E-state index in [2.05, 4.69) is 36.8 Å². The van der Waals surface area contributed by atoms with Crippen molar-refractivity contribution in [2.24, 2.45) is 4.99 Å². The van der Waals surface area contributed by atoms with Crippen LogP contribution < -0.4 is 5.32 Å². The first-order valence-corrected chi connectivity index (χ1v) is 6.91. The van der Waals surface area contributed by atoms with Gasteiger partial charge in [-0.1, -0.05) is 12.1 Å². The van der Waals surface area contributed by atoms with E-state index in [1.807, 2.05) is 24.3 Å². The molecular formula is C15H14N6O. The van der Waals surface area contributed by atoms with E-state index in [4.69, 9.17) is 4.74 Å². The van der Waals surface area contributed by atoms with Crippen LogP contribution >= 0.6 is 0 Å². The molecule has 1 unspecified atom stereocenters. The Labute approximate surface area is 126 Å². The zero-order chi connectivity index (χ0) is 15.0. The number of ether oxygens (including phenoxy) is 1. The van der Waals surface area contributed by atoms with E-state index in [0.29, 0.717) is 18.1 Å². The maximum Gasteiger partial charge on any atom is 0.218 e. The number of methoxy groups -OCH3 is 1. The third-order valence-electron chi connectivity index (χ3n) is 3.75. The first-order valence-electron chi connectivity index (χ1n) is 6.91. The topological polar surface area (TPSA) is 88.1 Å². The number of nitrogens with one attached hydrogen (secondary N) is 2. The Morgan fingerprint density at radius 3 is 3.09 bits per heavy atom. The monoisotopic (exact) mass is 294 g/mol. The molecule has 3 heterocycles. The predicted octanol–water partition coefficient (Wildman–Crippen LogP) is 2.07. The minimum absolute atomic E-state index is 0.537. The molecule has 2 aromatic heterocycles. The van der Waals surface area contributed by atoms with Gasteiger partial charge in [-0.05, 0) is 23.8 Å². The molecule has 7 heteroatoms. The summed E-state index contributed by atoms with van der Waals surface area (Å²) in [7, 11) is 1.65. The molecule has 0 saturated heterocycles. The SMILES string of the molecule is COC1(Cc2ccc3ncccc3c2)C=Nc2n[nH]nc2N1. The lowest BCUT2D eigenvalue weighted by molar-refractivity contribution is 0.0778. The van der Waals surface area contributed by atoms with E-state index in [1.54, 1.807) is 19.5 Å². The fourth-order valence-corrected chi connectivity index (χ4v) is 2.60. The van der Waals surface area contributed by atoms with Crippen molar-refractivity contribution >= 4 is 28.8 Å². The van der Waals surface area contributed by atoms with Gasteiger partial charge in [0.2, 0.25) is 5.82 Å². The summed E-state index contributed by atoms with van der Waals surface area (Å²) in [6, 6.07) is 10.1. The van der Waals surface area contributed by atoms with Gasteiger partial charge < -0.3 is 10.1 Å². The van der Waals surface area contributed by atoms with Crippen molar-refractivity contribution in [1.29, 1.82) is 0 Å². The average molecular weight is 294 g/mol. The summed E-state index contributed by atoms with van der Waals surface area (Å²) in [5, 5.41) is 14.9. The molecule has 0 aliphatic carbocycles. The summed E-state index contributed by atoms with van der Waals surface area (Å²) in [6.45, 7) is 0. The molecule has 0 amide bonds. The number of aromatic amines is 1. The Bertz CT molecular complexity index is 858. The number of rotatable bonds is 3. The minimum Gasteiger partial charge on any atom is -0.353 e. The summed E-state index contributed by atoms with van der Waals surface area (Å²) in [6.07, 6.45) is 4.13. The number of hydrogen-bond donors (Lipinski definition) is 2. The Hall–Kier alpha value is -2.80. The fraction of sp³-hybridized carbons (Fsp3) is 0.200. The molecule has 0 bridgehead atoms. The summed E-state index contributed by atoms with van der Waals surface area (Å²) in [5.41, 5.74) is 1.36. The van der Waals surface area contributed by atoms with Crippen LogP contribution in [-0.2, 0) is 11.2 Å². The van der Waals surface area contributed by atoms with Gasteiger partial charge in [-0.15, -0.1) is 10.2 Å². The highest BCUT2D eigenvalue weighted by Gasteiger charge is 2.33. The molecule has 3 aromatic rings. The average Bonchev–Trinajstić information content (AvgIpc) is 3.02. The molecule has 1 aromatic carbocycles. The summed E-state index contributed by atoms with van der Waals surface area (Å²) >= 11 is 0. The molecule has 110 valence electrons. The number of nitrogens with zero attached hydrogens (tertiary/aromatic N) is 4. The molecule has 0 spiro atoms. The maximum absolute atomic E-state index is 5.66. The van der Waals surface area contributed by atoms with Crippen LogP contribution in [0, 0.1) is 0 Å². The molecule has 0 fully saturated rings. The Morgan fingerprint density at radius 2 is 2.18 bits per heavy atom. The second kappa shape index (κ2) is 4.88. The second-order valence-corrected chi connectivity index (χ2v) is 5.18. The highest BCUT2D eigenvalue weighted by atomic mass is 16.5. The van der Waals surface area contributed by atoms with Crippen molar-refractivity contribution < 1.29 is 4.74 Å². The maximum atomic E-state index is 5.66. The number of fused-ring (bicyclic) bond motifs is 2. The van der Waals surface area contributed by atoms with Crippen LogP contribution in [0.15, 0.2) is 41.5 Å². The zero-order valence-electron chi connectivity index (χ0n) is 11.9. The van der Waals surface area contributed by atoms with Gasteiger partial charge in [0.1, 0.15) is 0 Å². The van der Waals surface area contributed by atoms with Crippen molar-refractivity contribution in [2.45, 2.75) is 12.1 Å². The van der Waals surface area contributed by atoms with Crippen LogP contribution in [0.25, 0.3) is 10.9 Å². The van der Waals surface area contributed by atoms with Crippen LogP contribution in [0.4, 0.5) is 11.6 Å². The van der Waals surface area contributed by atoms with Gasteiger partial charge in [0.25, 0.3) is 0 Å². The molecule has 0 saturated carbocycles. The number of aliphatic imine (C=N–C) groups is 1. The van der Waals surface area contributed by atoms with Gasteiger partial charge >= 0.3 is 0 Å². The highest BCUT2D eigenvalue weighted by molar-refractivity contribution is 5.83. The van der Waals surface area contributed by atoms with Crippen LogP contribution in [-0.4, -0.2) is 39.4 Å². The highest BCUT2D eigenvalue weighted by Crippen LogP contribution is 2.29. The smallest absolute Gasteiger partial charge is 0.218 e. The minimum atomic E-state index is -0.736. The van der Waals surface area contributed by atoms with Gasteiger partial charge in [-0.3, -0.25) is 4.98 Å². The summed E-state index contributed by atoms with van der Waals surface area (Å²) < 4.78 is 5.66. The Kier molecular flexibility index (Phi) is 2.87. The van der Waals surface area contributed by atoms with Gasteiger partial charge in [-0.2, -0.15) is 5.21 Å². The van der Waals surface area contributed by atoms with E-state index < -0.39 is 5.72 Å². The number of pyridine rings is 1. The number of anilines is 1. The fourth-order valence-electron chi connectivity index (χ4n) is 2.60. The van der Waals surface area contributed by atoms with E-state index >= 15 is 0 Å². The number of H-pyrrole nitrogens is 1. The predicted molar refractivity (Wildman–Crippen MR) is 83.3 cm³/mol. The Morgan fingerprint density at radius 1 is 1.23 bits per heavy atom. The Balaban J connectivity index is 1.68. The van der Waals surface area contributed by atoms with E-state index in [-0.39, 0.29) is 0 Å². The number of hydrogen-bond acceptors (Lipinski definition) is 6. The molecule has 22 heavy (non-hydrogen) atoms. The summed E-state index contributed by atoms with van der Waals surface area (Å²) in [5.74, 6) is 1.13. The molecule has 1 aliphatic heterocycles. The standard InChI is InChI=1S/C15H14N6O/c1-22-15(9-17-13-14(18-15)20-21-19-13)8-10-4-5-12-11(7-10)3-2-6-16-12/h2-7,9H,8H2,1H3,(H2,18,19,20,21). The van der Waals surface area contributed by atoms with Gasteiger partial charge in [0.05, 0.1) is 11.7 Å². The normalized spacial score (nSPS) is 19.9. The molecule has 4 rings (SSSR count). The van der Waals surface area contributed by atoms with Crippen LogP contribution in [0.1, 0.15) is 5.56 Å². The third-order valence-corrected chi connectivity index (χ3v) is 3.75. The molecule has 2 N–H and O–H groups in total. The van der Waals surface area contributed by atoms with Crippen molar-refractivity contribution in [2.75, 3.05) is 12.4 Å². The van der Waals surface area contributed by atoms with Crippen molar-refractivity contribution in [3.63, 3.8) is 0 Å². The lowest BCUT2D eigenvalue weighted by Gasteiger charge is -2.31. The van der Waals surface area contributed by atoms with Gasteiger partial charge in [0.15, 0.2) is 11.5 Å². The van der Waals surface area contributed by atoms with Crippen molar-refractivity contribution in [1.82, 2.24) is 20.4 Å². The first kappa shape index (κ1) is 12.9. The van der Waals surface area contributed by atoms with E-state index in [9.17, 15) is 0 Å². The first-order chi connectivity index (χ1) is 10.8. The quantitative estimate of drug-likeness (QED) is 0.772. The number of benzene rings is 1. The molecule has 1 atom stereocenters. The van der Waals surface area contributed by atoms with E-state index in [0.717, 1.165) is 16.5 Å². The lowest BCUT2D eigenvalue weighted by Crippen LogP contribution is -2.45. The van der Waals surface area contributed by atoms with Gasteiger partial charge in [-0.25, -0.2) is 4.99 Å². The van der Waals surface area contributed by atoms with Gasteiger partial charge in [0, 0.05) is 25.1 Å². The lowest BCUT2D eigenvalue weighted by atomic mass is 10.0. The van der Waals surface area contributed by atoms with Crippen LogP contribution in [0.2, 0.25) is 0 Å². The molecule has 1 aliphatic rings. The van der Waals surface area contributed by atoms with Crippen LogP contribution in [0.3, 0.4) is 0 Å². The van der Waals surface area contributed by atoms with Crippen molar-refractivity contribution in [3.8, 4) is 0 Å². The van der Waals surface area contributed by atoms with Crippen LogP contribution in [0.5, 0.6) is 0 Å². The second-order valence-electron chi connectivity index (χ2n) is 5.18. The third kappa shape index (κ3) is 2.11. The molecular weight excluding hydrogens is 280 g/mol. The van der Waals surface area contributed by atoms with Crippen molar-refractivity contribution in [3.05, 3.63) is 42.1 Å². The molecule has 0 radical (unpaired) electrons. The molecule has 7 nitrogen and oxygen atoms in total.